The number of hydrogen-bond donors (Lipinski definition) is 0. The molecule has 2 bridgehead atoms. The number of fused-ring (bicyclic) bond motifs is 2. The van der Waals surface area contributed by atoms with E-state index in [2.05, 4.69) is 14.9 Å². The van der Waals surface area contributed by atoms with Crippen molar-refractivity contribution >= 4 is 17.2 Å². The number of carbonyl (C=O) groups excluding carboxylic acids is 1. The Hall–Kier alpha value is -2.93. The second-order valence-corrected chi connectivity index (χ2v) is 8.27. The van der Waals surface area contributed by atoms with Crippen LogP contribution in [0.4, 0.5) is 0 Å². The molecule has 4 heterocycles. The second kappa shape index (κ2) is 7.83. The molecule has 0 spiro atoms. The lowest BCUT2D eigenvalue weighted by atomic mass is 9.98. The van der Waals surface area contributed by atoms with E-state index in [1.54, 1.807) is 18.6 Å². The van der Waals surface area contributed by atoms with Crippen LogP contribution in [0.2, 0.25) is 0 Å². The second-order valence-electron chi connectivity index (χ2n) is 7.42. The Kier molecular flexibility index (Phi) is 4.89. The standard InChI is InChI=1S/C22H21N3O3S/c26-21(15-1-5-18(6-2-15)28-22-24-11-12-29-22)25-16-3-4-17(25)14-20(13-16)27-19-7-9-23-10-8-19/h1-2,5-12,16-17,20H,3-4,13-14H2. The Bertz CT molecular complexity index is 949. The van der Waals surface area contributed by atoms with Gasteiger partial charge in [0.25, 0.3) is 11.1 Å². The van der Waals surface area contributed by atoms with E-state index in [0.717, 1.165) is 31.4 Å². The van der Waals surface area contributed by atoms with E-state index in [4.69, 9.17) is 9.47 Å². The molecule has 5 rings (SSSR count). The summed E-state index contributed by atoms with van der Waals surface area (Å²) in [5.74, 6) is 1.63. The number of aromatic nitrogens is 2. The molecule has 7 heteroatoms. The number of nitrogens with zero attached hydrogens (tertiary/aromatic N) is 3. The molecule has 0 radical (unpaired) electrons. The molecule has 2 unspecified atom stereocenters. The summed E-state index contributed by atoms with van der Waals surface area (Å²) in [6, 6.07) is 11.6. The lowest BCUT2D eigenvalue weighted by Crippen LogP contribution is -2.49. The van der Waals surface area contributed by atoms with Gasteiger partial charge in [0.15, 0.2) is 0 Å². The van der Waals surface area contributed by atoms with Crippen LogP contribution in [-0.4, -0.2) is 39.0 Å². The van der Waals surface area contributed by atoms with Crippen molar-refractivity contribution in [2.45, 2.75) is 43.9 Å². The molecule has 0 N–H and O–H groups in total. The van der Waals surface area contributed by atoms with Gasteiger partial charge in [0.1, 0.15) is 17.6 Å². The highest BCUT2D eigenvalue weighted by Crippen LogP contribution is 2.38. The lowest BCUT2D eigenvalue weighted by molar-refractivity contribution is 0.0359. The number of benzene rings is 1. The first-order chi connectivity index (χ1) is 14.3. The van der Waals surface area contributed by atoms with E-state index in [-0.39, 0.29) is 24.1 Å². The summed E-state index contributed by atoms with van der Waals surface area (Å²) >= 11 is 1.44. The van der Waals surface area contributed by atoms with Crippen LogP contribution in [0.1, 0.15) is 36.0 Å². The quantitative estimate of drug-likeness (QED) is 0.621. The zero-order valence-electron chi connectivity index (χ0n) is 15.8. The number of piperidine rings is 1. The number of amides is 1. The molecular weight excluding hydrogens is 386 g/mol. The summed E-state index contributed by atoms with van der Waals surface area (Å²) in [6.07, 6.45) is 9.15. The van der Waals surface area contributed by atoms with Gasteiger partial charge in [-0.05, 0) is 49.2 Å². The molecule has 1 aromatic carbocycles. The largest absolute Gasteiger partial charge is 0.490 e. The molecule has 2 aliphatic rings. The van der Waals surface area contributed by atoms with Gasteiger partial charge in [0, 0.05) is 54.5 Å². The van der Waals surface area contributed by atoms with E-state index in [1.807, 2.05) is 41.8 Å². The van der Waals surface area contributed by atoms with Crippen molar-refractivity contribution in [1.29, 1.82) is 0 Å². The molecule has 2 aliphatic heterocycles. The average molecular weight is 407 g/mol. The van der Waals surface area contributed by atoms with Gasteiger partial charge in [0.05, 0.1) is 0 Å². The van der Waals surface area contributed by atoms with Crippen molar-refractivity contribution in [2.24, 2.45) is 0 Å². The third-order valence-electron chi connectivity index (χ3n) is 5.59. The van der Waals surface area contributed by atoms with Crippen LogP contribution in [0.5, 0.6) is 16.7 Å². The van der Waals surface area contributed by atoms with Crippen molar-refractivity contribution in [3.8, 4) is 16.7 Å². The highest BCUT2D eigenvalue weighted by Gasteiger charge is 2.44. The number of carbonyl (C=O) groups is 1. The van der Waals surface area contributed by atoms with Gasteiger partial charge in [-0.2, -0.15) is 0 Å². The van der Waals surface area contributed by atoms with E-state index < -0.39 is 0 Å². The zero-order valence-corrected chi connectivity index (χ0v) is 16.6. The van der Waals surface area contributed by atoms with Gasteiger partial charge in [0.2, 0.25) is 0 Å². The molecule has 6 nitrogen and oxygen atoms in total. The maximum Gasteiger partial charge on any atom is 0.278 e. The lowest BCUT2D eigenvalue weighted by Gasteiger charge is -2.39. The first-order valence-electron chi connectivity index (χ1n) is 9.83. The smallest absolute Gasteiger partial charge is 0.278 e. The first-order valence-corrected chi connectivity index (χ1v) is 10.7. The topological polar surface area (TPSA) is 64.5 Å². The third-order valence-corrected chi connectivity index (χ3v) is 6.24. The maximum atomic E-state index is 13.2. The first kappa shape index (κ1) is 18.1. The molecule has 2 aromatic heterocycles. The zero-order chi connectivity index (χ0) is 19.6. The summed E-state index contributed by atoms with van der Waals surface area (Å²) in [7, 11) is 0. The predicted octanol–water partition coefficient (Wildman–Crippen LogP) is 4.55. The van der Waals surface area contributed by atoms with Gasteiger partial charge in [-0.3, -0.25) is 9.78 Å². The number of ether oxygens (including phenoxy) is 2. The predicted molar refractivity (Wildman–Crippen MR) is 109 cm³/mol. The Morgan fingerprint density at radius 3 is 2.34 bits per heavy atom. The number of pyridine rings is 1. The molecule has 0 aliphatic carbocycles. The Balaban J connectivity index is 1.25. The van der Waals surface area contributed by atoms with Gasteiger partial charge >= 0.3 is 0 Å². The van der Waals surface area contributed by atoms with Crippen molar-refractivity contribution < 1.29 is 14.3 Å². The summed E-state index contributed by atoms with van der Waals surface area (Å²) in [6.45, 7) is 0. The average Bonchev–Trinajstić information content (AvgIpc) is 3.35. The van der Waals surface area contributed by atoms with Gasteiger partial charge < -0.3 is 14.4 Å². The van der Waals surface area contributed by atoms with Gasteiger partial charge in [-0.1, -0.05) is 11.3 Å². The highest BCUT2D eigenvalue weighted by atomic mass is 32.1. The Morgan fingerprint density at radius 2 is 1.69 bits per heavy atom. The number of rotatable bonds is 5. The van der Waals surface area contributed by atoms with Gasteiger partial charge in [-0.25, -0.2) is 4.98 Å². The normalized spacial score (nSPS) is 23.0. The summed E-state index contributed by atoms with van der Waals surface area (Å²) in [5.41, 5.74) is 0.696. The van der Waals surface area contributed by atoms with Crippen LogP contribution >= 0.6 is 11.3 Å². The fraction of sp³-hybridized carbons (Fsp3) is 0.318. The van der Waals surface area contributed by atoms with Crippen molar-refractivity contribution in [3.05, 3.63) is 65.9 Å². The maximum absolute atomic E-state index is 13.2. The third kappa shape index (κ3) is 3.82. The molecule has 2 saturated heterocycles. The van der Waals surface area contributed by atoms with Gasteiger partial charge in [-0.15, -0.1) is 0 Å². The van der Waals surface area contributed by atoms with Crippen LogP contribution < -0.4 is 9.47 Å². The minimum atomic E-state index is 0.0978. The fourth-order valence-corrected chi connectivity index (χ4v) is 4.84. The molecule has 1 amide bonds. The Morgan fingerprint density at radius 1 is 0.966 bits per heavy atom. The van der Waals surface area contributed by atoms with E-state index in [0.29, 0.717) is 16.5 Å². The minimum Gasteiger partial charge on any atom is -0.490 e. The highest BCUT2D eigenvalue weighted by molar-refractivity contribution is 7.11. The molecule has 2 atom stereocenters. The van der Waals surface area contributed by atoms with E-state index >= 15 is 0 Å². The summed E-state index contributed by atoms with van der Waals surface area (Å²) in [5, 5.41) is 2.46. The van der Waals surface area contributed by atoms with Crippen LogP contribution in [0, 0.1) is 0 Å². The van der Waals surface area contributed by atoms with E-state index in [9.17, 15) is 4.79 Å². The summed E-state index contributed by atoms with van der Waals surface area (Å²) in [4.78, 5) is 23.4. The molecule has 3 aromatic rings. The van der Waals surface area contributed by atoms with Crippen molar-refractivity contribution in [3.63, 3.8) is 0 Å². The molecule has 29 heavy (non-hydrogen) atoms. The van der Waals surface area contributed by atoms with Crippen LogP contribution in [0.15, 0.2) is 60.4 Å². The van der Waals surface area contributed by atoms with Crippen LogP contribution in [0.3, 0.4) is 0 Å². The Labute approximate surface area is 173 Å². The fourth-order valence-electron chi connectivity index (χ4n) is 4.34. The summed E-state index contributed by atoms with van der Waals surface area (Å²) < 4.78 is 11.8. The van der Waals surface area contributed by atoms with Crippen LogP contribution in [-0.2, 0) is 0 Å². The molecule has 148 valence electrons. The van der Waals surface area contributed by atoms with Crippen molar-refractivity contribution in [1.82, 2.24) is 14.9 Å². The van der Waals surface area contributed by atoms with E-state index in [1.165, 1.54) is 11.3 Å². The number of thiazole rings is 1. The van der Waals surface area contributed by atoms with Crippen molar-refractivity contribution in [2.75, 3.05) is 0 Å². The molecule has 0 saturated carbocycles. The SMILES string of the molecule is O=C(c1ccc(Oc2nccs2)cc1)N1C2CCC1CC(Oc1ccncc1)C2. The molecule has 2 fully saturated rings. The molecular formula is C22H21N3O3S. The monoisotopic (exact) mass is 407 g/mol. The number of hydrogen-bond acceptors (Lipinski definition) is 6. The van der Waals surface area contributed by atoms with Crippen LogP contribution in [0.25, 0.3) is 0 Å². The minimum absolute atomic E-state index is 0.0978.